The average Bonchev–Trinajstić information content (AvgIpc) is 2.89. The van der Waals surface area contributed by atoms with Crippen LogP contribution in [-0.4, -0.2) is 34.4 Å². The summed E-state index contributed by atoms with van der Waals surface area (Å²) >= 11 is 0. The first kappa shape index (κ1) is 16.4. The van der Waals surface area contributed by atoms with Crippen LogP contribution in [-0.2, 0) is 6.54 Å². The van der Waals surface area contributed by atoms with Gasteiger partial charge in [-0.25, -0.2) is 4.79 Å². The molecular formula is C17H15N3O5. The normalized spacial score (nSPS) is 10.8. The number of fused-ring (bicyclic) bond motifs is 1. The van der Waals surface area contributed by atoms with E-state index in [4.69, 9.17) is 4.42 Å². The number of amides is 1. The number of nitro groups is 1. The molecule has 128 valence electrons. The topological polar surface area (TPSA) is 98.6 Å². The van der Waals surface area contributed by atoms with Gasteiger partial charge in [0.05, 0.1) is 17.0 Å². The summed E-state index contributed by atoms with van der Waals surface area (Å²) in [5.41, 5.74) is 1.69. The van der Waals surface area contributed by atoms with Gasteiger partial charge in [0.1, 0.15) is 0 Å². The average molecular weight is 341 g/mol. The van der Waals surface area contributed by atoms with Crippen LogP contribution in [0.5, 0.6) is 0 Å². The number of carbonyl (C=O) groups excluding carboxylic acids is 1. The molecule has 0 spiro atoms. The number of hydrogen-bond acceptors (Lipinski definition) is 5. The first-order valence-corrected chi connectivity index (χ1v) is 7.45. The first-order chi connectivity index (χ1) is 11.9. The van der Waals surface area contributed by atoms with E-state index >= 15 is 0 Å². The monoisotopic (exact) mass is 341 g/mol. The van der Waals surface area contributed by atoms with E-state index < -0.39 is 10.7 Å². The molecule has 0 aliphatic heterocycles. The maximum absolute atomic E-state index is 12.1. The number of nitrogens with zero attached hydrogens (tertiary/aromatic N) is 3. The van der Waals surface area contributed by atoms with Gasteiger partial charge in [-0.15, -0.1) is 0 Å². The van der Waals surface area contributed by atoms with E-state index in [1.807, 2.05) is 0 Å². The van der Waals surface area contributed by atoms with Crippen LogP contribution in [0.3, 0.4) is 0 Å². The van der Waals surface area contributed by atoms with Crippen LogP contribution >= 0.6 is 0 Å². The molecule has 0 radical (unpaired) electrons. The standard InChI is InChI=1S/C17H15N3O5/c1-18(2)16(21)12-5-3-4-11(8-12)10-19-14-9-13(20(23)24)6-7-15(14)25-17(19)22/h3-9H,10H2,1-2H3. The van der Waals surface area contributed by atoms with E-state index in [1.54, 1.807) is 38.4 Å². The van der Waals surface area contributed by atoms with Gasteiger partial charge in [-0.05, 0) is 23.8 Å². The zero-order valence-corrected chi connectivity index (χ0v) is 13.6. The summed E-state index contributed by atoms with van der Waals surface area (Å²) in [4.78, 5) is 36.0. The minimum absolute atomic E-state index is 0.126. The van der Waals surface area contributed by atoms with Crippen molar-refractivity contribution in [3.05, 3.63) is 74.3 Å². The van der Waals surface area contributed by atoms with Crippen molar-refractivity contribution >= 4 is 22.7 Å². The number of rotatable bonds is 4. The van der Waals surface area contributed by atoms with E-state index in [9.17, 15) is 19.7 Å². The van der Waals surface area contributed by atoms with Gasteiger partial charge >= 0.3 is 5.76 Å². The fraction of sp³-hybridized carbons (Fsp3) is 0.176. The predicted molar refractivity (Wildman–Crippen MR) is 90.7 cm³/mol. The molecule has 1 heterocycles. The van der Waals surface area contributed by atoms with Crippen LogP contribution in [0.2, 0.25) is 0 Å². The maximum atomic E-state index is 12.1. The summed E-state index contributed by atoms with van der Waals surface area (Å²) in [7, 11) is 3.31. The van der Waals surface area contributed by atoms with Gasteiger partial charge in [0.15, 0.2) is 5.58 Å². The molecule has 0 N–H and O–H groups in total. The third kappa shape index (κ3) is 3.14. The van der Waals surface area contributed by atoms with E-state index in [0.29, 0.717) is 16.6 Å². The van der Waals surface area contributed by atoms with Gasteiger partial charge in [-0.3, -0.25) is 19.5 Å². The van der Waals surface area contributed by atoms with Crippen molar-refractivity contribution in [1.29, 1.82) is 0 Å². The SMILES string of the molecule is CN(C)C(=O)c1cccc(Cn2c(=O)oc3ccc([N+](=O)[O-])cc32)c1. The third-order valence-electron chi connectivity index (χ3n) is 3.78. The Labute approximate surface area is 142 Å². The number of carbonyl (C=O) groups is 1. The molecule has 1 amide bonds. The molecular weight excluding hydrogens is 326 g/mol. The van der Waals surface area contributed by atoms with Gasteiger partial charge in [0.2, 0.25) is 0 Å². The van der Waals surface area contributed by atoms with Crippen LogP contribution in [0, 0.1) is 10.1 Å². The zero-order valence-electron chi connectivity index (χ0n) is 13.6. The smallest absolute Gasteiger partial charge is 0.408 e. The van der Waals surface area contributed by atoms with Crippen LogP contribution in [0.15, 0.2) is 51.7 Å². The third-order valence-corrected chi connectivity index (χ3v) is 3.78. The van der Waals surface area contributed by atoms with Crippen molar-refractivity contribution < 1.29 is 14.1 Å². The number of benzene rings is 2. The highest BCUT2D eigenvalue weighted by atomic mass is 16.6. The molecule has 0 unspecified atom stereocenters. The second-order valence-electron chi connectivity index (χ2n) is 5.76. The lowest BCUT2D eigenvalue weighted by Crippen LogP contribution is -2.22. The van der Waals surface area contributed by atoms with Crippen molar-refractivity contribution in [1.82, 2.24) is 9.47 Å². The van der Waals surface area contributed by atoms with Crippen LogP contribution in [0.1, 0.15) is 15.9 Å². The van der Waals surface area contributed by atoms with Crippen molar-refractivity contribution in [2.75, 3.05) is 14.1 Å². The summed E-state index contributed by atoms with van der Waals surface area (Å²) in [6.45, 7) is 0.140. The molecule has 0 aliphatic rings. The van der Waals surface area contributed by atoms with Crippen molar-refractivity contribution in [2.24, 2.45) is 0 Å². The van der Waals surface area contributed by atoms with Gasteiger partial charge in [0.25, 0.3) is 11.6 Å². The molecule has 0 aliphatic carbocycles. The van der Waals surface area contributed by atoms with Crippen LogP contribution in [0.4, 0.5) is 5.69 Å². The van der Waals surface area contributed by atoms with E-state index in [2.05, 4.69) is 0 Å². The highest BCUT2D eigenvalue weighted by Crippen LogP contribution is 2.21. The van der Waals surface area contributed by atoms with Crippen LogP contribution in [0.25, 0.3) is 11.1 Å². The Morgan fingerprint density at radius 1 is 1.24 bits per heavy atom. The Balaban J connectivity index is 2.03. The Hall–Kier alpha value is -3.42. The molecule has 0 saturated carbocycles. The lowest BCUT2D eigenvalue weighted by molar-refractivity contribution is -0.384. The summed E-state index contributed by atoms with van der Waals surface area (Å²) in [6.07, 6.45) is 0. The lowest BCUT2D eigenvalue weighted by atomic mass is 10.1. The Morgan fingerprint density at radius 2 is 2.00 bits per heavy atom. The second kappa shape index (κ2) is 6.23. The quantitative estimate of drug-likeness (QED) is 0.535. The van der Waals surface area contributed by atoms with Crippen molar-refractivity contribution in [3.8, 4) is 0 Å². The minimum atomic E-state index is -0.611. The maximum Gasteiger partial charge on any atom is 0.420 e. The minimum Gasteiger partial charge on any atom is -0.408 e. The van der Waals surface area contributed by atoms with E-state index in [1.165, 1.54) is 27.7 Å². The summed E-state index contributed by atoms with van der Waals surface area (Å²) < 4.78 is 6.44. The molecule has 8 nitrogen and oxygen atoms in total. The molecule has 0 saturated heterocycles. The second-order valence-corrected chi connectivity index (χ2v) is 5.76. The number of oxazole rings is 1. The molecule has 2 aromatic carbocycles. The fourth-order valence-electron chi connectivity index (χ4n) is 2.56. The Bertz CT molecular complexity index is 1030. The number of non-ortho nitro benzene ring substituents is 1. The summed E-state index contributed by atoms with van der Waals surface area (Å²) in [5.74, 6) is -0.762. The fourth-order valence-corrected chi connectivity index (χ4v) is 2.56. The molecule has 0 fully saturated rings. The zero-order chi connectivity index (χ0) is 18.1. The Kier molecular flexibility index (Phi) is 4.10. The molecule has 3 rings (SSSR count). The molecule has 0 atom stereocenters. The molecule has 1 aromatic heterocycles. The van der Waals surface area contributed by atoms with E-state index in [0.717, 1.165) is 0 Å². The largest absolute Gasteiger partial charge is 0.420 e. The van der Waals surface area contributed by atoms with Crippen molar-refractivity contribution in [3.63, 3.8) is 0 Å². The molecule has 8 heteroatoms. The van der Waals surface area contributed by atoms with Gasteiger partial charge in [-0.2, -0.15) is 0 Å². The highest BCUT2D eigenvalue weighted by molar-refractivity contribution is 5.94. The number of aromatic nitrogens is 1. The van der Waals surface area contributed by atoms with Gasteiger partial charge in [-0.1, -0.05) is 12.1 Å². The van der Waals surface area contributed by atoms with Crippen molar-refractivity contribution in [2.45, 2.75) is 6.54 Å². The van der Waals surface area contributed by atoms with Gasteiger partial charge in [0, 0.05) is 31.8 Å². The van der Waals surface area contributed by atoms with Gasteiger partial charge < -0.3 is 9.32 Å². The lowest BCUT2D eigenvalue weighted by Gasteiger charge is -2.11. The van der Waals surface area contributed by atoms with Crippen LogP contribution < -0.4 is 5.76 Å². The summed E-state index contributed by atoms with van der Waals surface area (Å²) in [6, 6.07) is 10.9. The summed E-state index contributed by atoms with van der Waals surface area (Å²) in [5, 5.41) is 10.9. The highest BCUT2D eigenvalue weighted by Gasteiger charge is 2.15. The number of hydrogen-bond donors (Lipinski definition) is 0. The van der Waals surface area contributed by atoms with E-state index in [-0.39, 0.29) is 23.7 Å². The number of nitro benzene ring substituents is 1. The first-order valence-electron chi connectivity index (χ1n) is 7.45. The molecule has 25 heavy (non-hydrogen) atoms. The molecule has 3 aromatic rings. The predicted octanol–water partition coefficient (Wildman–Crippen LogP) is 2.25. The Morgan fingerprint density at radius 3 is 2.68 bits per heavy atom. The molecule has 0 bridgehead atoms.